The summed E-state index contributed by atoms with van der Waals surface area (Å²) in [7, 11) is 0. The minimum Gasteiger partial charge on any atom is -0.507 e. The van der Waals surface area contributed by atoms with Crippen molar-refractivity contribution >= 4 is 10.8 Å². The van der Waals surface area contributed by atoms with Crippen molar-refractivity contribution in [3.8, 4) is 45.3 Å². The summed E-state index contributed by atoms with van der Waals surface area (Å²) in [6.45, 7) is 58.2. The van der Waals surface area contributed by atoms with E-state index in [9.17, 15) is 20.4 Å². The zero-order chi connectivity index (χ0) is 56.3. The van der Waals surface area contributed by atoms with Crippen molar-refractivity contribution in [1.29, 1.82) is 0 Å². The topological polar surface area (TPSA) is 80.9 Å². The van der Waals surface area contributed by atoms with Crippen molar-refractivity contribution in [2.45, 2.75) is 236 Å². The molecule has 0 aromatic heterocycles. The van der Waals surface area contributed by atoms with E-state index in [1.807, 2.05) is 0 Å². The van der Waals surface area contributed by atoms with Crippen molar-refractivity contribution in [2.75, 3.05) is 0 Å². The van der Waals surface area contributed by atoms with Crippen LogP contribution in [0.2, 0.25) is 0 Å². The first-order valence-electron chi connectivity index (χ1n) is 26.9. The Labute approximate surface area is 470 Å². The van der Waals surface area contributed by atoms with Gasteiger partial charge in [0.1, 0.15) is 23.0 Å². The Kier molecular flexibility index (Phi) is 19.1. The van der Waals surface area contributed by atoms with Crippen LogP contribution in [-0.4, -0.2) is 20.4 Å². The molecule has 0 radical (unpaired) electrons. The average molecular weight is 1080 g/mol. The van der Waals surface area contributed by atoms with Gasteiger partial charge in [-0.15, -0.1) is 34.5 Å². The first-order valence-corrected chi connectivity index (χ1v) is 26.9. The molecule has 0 saturated carbocycles. The van der Waals surface area contributed by atoms with Gasteiger partial charge in [0.15, 0.2) is 0 Å². The molecule has 0 bridgehead atoms. The van der Waals surface area contributed by atoms with Crippen molar-refractivity contribution in [1.82, 2.24) is 0 Å². The molecule has 0 saturated heterocycles. The van der Waals surface area contributed by atoms with Gasteiger partial charge in [-0.3, -0.25) is 0 Å². The maximum atomic E-state index is 11.4. The van der Waals surface area contributed by atoms with E-state index in [1.54, 1.807) is 0 Å². The van der Waals surface area contributed by atoms with Crippen molar-refractivity contribution in [3.05, 3.63) is 134 Å². The van der Waals surface area contributed by atoms with Crippen LogP contribution in [-0.2, 0) is 69.5 Å². The Balaban J connectivity index is 0.000000311. The summed E-state index contributed by atoms with van der Waals surface area (Å²) in [6, 6.07) is 27.8. The molecule has 5 heteroatoms. The number of hydrogen-bond acceptors (Lipinski definition) is 4. The number of phenols is 4. The van der Waals surface area contributed by atoms with E-state index in [1.165, 1.54) is 21.9 Å². The van der Waals surface area contributed by atoms with Gasteiger partial charge in [-0.25, -0.2) is 0 Å². The van der Waals surface area contributed by atoms with Gasteiger partial charge < -0.3 is 20.4 Å². The van der Waals surface area contributed by atoms with E-state index in [0.717, 1.165) is 44.5 Å². The quantitative estimate of drug-likeness (QED) is 0.133. The average Bonchev–Trinajstić information content (AvgIpc) is 3.58. The minimum absolute atomic E-state index is 0. The maximum absolute atomic E-state index is 11.4. The van der Waals surface area contributed by atoms with Crippen LogP contribution in [0, 0.1) is 6.92 Å². The smallest absolute Gasteiger partial charge is 0.127 e. The van der Waals surface area contributed by atoms with Gasteiger partial charge in [0.05, 0.1) is 0 Å². The number of benzene rings is 5. The summed E-state index contributed by atoms with van der Waals surface area (Å²) in [5.41, 5.74) is 12.7. The second kappa shape index (κ2) is 22.0. The van der Waals surface area contributed by atoms with E-state index >= 15 is 0 Å². The van der Waals surface area contributed by atoms with E-state index in [4.69, 9.17) is 0 Å². The van der Waals surface area contributed by atoms with Crippen molar-refractivity contribution in [3.63, 3.8) is 0 Å². The summed E-state index contributed by atoms with van der Waals surface area (Å²) >= 11 is 0. The molecule has 404 valence electrons. The number of hydrogen-bond donors (Lipinski definition) is 4. The molecule has 0 heterocycles. The van der Waals surface area contributed by atoms with Gasteiger partial charge >= 0.3 is 0 Å². The van der Waals surface area contributed by atoms with Crippen LogP contribution in [0.25, 0.3) is 33.0 Å². The monoisotopic (exact) mass is 1080 g/mol. The summed E-state index contributed by atoms with van der Waals surface area (Å²) in [4.78, 5) is 0. The molecule has 4 nitrogen and oxygen atoms in total. The Morgan fingerprint density at radius 1 is 0.351 bits per heavy atom. The first-order chi connectivity index (χ1) is 32.7. The molecular weight excluding hydrogens is 984 g/mol. The van der Waals surface area contributed by atoms with Crippen LogP contribution in [0.1, 0.15) is 242 Å². The zero-order valence-corrected chi connectivity index (χ0v) is 53.8. The largest absolute Gasteiger partial charge is 0.507 e. The molecule has 4 N–H and O–H groups in total. The van der Waals surface area contributed by atoms with E-state index in [-0.39, 0.29) is 92.5 Å². The third kappa shape index (κ3) is 15.0. The standard InChI is InChI=1S/2C28H42O2.C13H15.Zr/c2*1-25(2,3)17-13-19(23(29)21(15-17)27(7,8)9)20-14-18(26(4,5)6)16-22(24(20)30)28(10,11)12;1-9(2)12-6-4-5-11-7-10(3)8-13(11)12;/h2*13-16,29-30H,1-12H3;4-9H,1-3H3;/q;;-1;. The summed E-state index contributed by atoms with van der Waals surface area (Å²) in [5.74, 6) is 1.66. The van der Waals surface area contributed by atoms with E-state index in [0.29, 0.717) is 28.2 Å². The molecule has 0 fully saturated rings. The fourth-order valence-corrected chi connectivity index (χ4v) is 9.29. The van der Waals surface area contributed by atoms with E-state index in [2.05, 4.69) is 266 Å². The second-order valence-corrected chi connectivity index (χ2v) is 29.7. The Morgan fingerprint density at radius 2 is 0.595 bits per heavy atom. The van der Waals surface area contributed by atoms with Crippen LogP contribution in [0.15, 0.2) is 78.9 Å². The Morgan fingerprint density at radius 3 is 0.797 bits per heavy atom. The predicted molar refractivity (Wildman–Crippen MR) is 318 cm³/mol. The molecule has 74 heavy (non-hydrogen) atoms. The molecule has 6 aromatic carbocycles. The third-order valence-corrected chi connectivity index (χ3v) is 14.3. The number of phenolic OH excluding ortho intramolecular Hbond substituents is 4. The van der Waals surface area contributed by atoms with E-state index < -0.39 is 0 Å². The Hall–Kier alpha value is -4.21. The second-order valence-electron chi connectivity index (χ2n) is 29.7. The molecule has 6 rings (SSSR count). The van der Waals surface area contributed by atoms with Crippen LogP contribution in [0.5, 0.6) is 23.0 Å². The predicted octanol–water partition coefficient (Wildman–Crippen LogP) is 19.9. The molecule has 0 aliphatic heterocycles. The maximum Gasteiger partial charge on any atom is 0.127 e. The summed E-state index contributed by atoms with van der Waals surface area (Å²) < 4.78 is 0. The van der Waals surface area contributed by atoms with Crippen LogP contribution < -0.4 is 0 Å². The minimum atomic E-state index is -0.218. The fourth-order valence-electron chi connectivity index (χ4n) is 9.29. The Bertz CT molecular complexity index is 2600. The molecule has 0 amide bonds. The number of rotatable bonds is 3. The SMILES string of the molecule is CC(C)(C)c1cc(-c2cc(C(C)(C)C)cc(C(C)(C)C)c2O)c(O)c(C(C)(C)C)c1.CC(C)(C)c1cc(-c2cc(C(C)(C)C)cc(C(C)(C)C)c2O)c(O)c(C(C)(C)C)c1.Cc1cc2c(C(C)C)cccc2[cH-]1.[Zr]. The molecule has 6 aromatic rings. The molecule has 0 atom stereocenters. The number of aromatic hydroxyl groups is 4. The van der Waals surface area contributed by atoms with Crippen LogP contribution in [0.3, 0.4) is 0 Å². The van der Waals surface area contributed by atoms with Gasteiger partial charge in [-0.05, 0) is 95.8 Å². The van der Waals surface area contributed by atoms with Gasteiger partial charge in [-0.1, -0.05) is 223 Å². The molecule has 0 aliphatic carbocycles. The van der Waals surface area contributed by atoms with Crippen LogP contribution in [0.4, 0.5) is 0 Å². The van der Waals surface area contributed by atoms with Crippen LogP contribution >= 0.6 is 0 Å². The van der Waals surface area contributed by atoms with Gasteiger partial charge in [0, 0.05) is 70.7 Å². The first kappa shape index (κ1) is 64.1. The third-order valence-electron chi connectivity index (χ3n) is 14.3. The van der Waals surface area contributed by atoms with Gasteiger partial charge in [-0.2, -0.15) is 6.07 Å². The molecule has 0 unspecified atom stereocenters. The molecule has 0 aliphatic rings. The zero-order valence-electron chi connectivity index (χ0n) is 51.4. The fraction of sp³-hybridized carbons (Fsp3) is 0.522. The summed E-state index contributed by atoms with van der Waals surface area (Å²) in [6.07, 6.45) is 0. The van der Waals surface area contributed by atoms with Crippen molar-refractivity contribution in [2.24, 2.45) is 0 Å². The molecule has 0 spiro atoms. The number of aryl methyl sites for hydroxylation is 1. The molecular formula is C69H99O4Zr-. The summed E-state index contributed by atoms with van der Waals surface area (Å²) in [5, 5.41) is 48.3. The van der Waals surface area contributed by atoms with Gasteiger partial charge in [0.25, 0.3) is 0 Å². The van der Waals surface area contributed by atoms with Gasteiger partial charge in [0.2, 0.25) is 0 Å². The number of fused-ring (bicyclic) bond motifs is 1. The van der Waals surface area contributed by atoms with Crippen molar-refractivity contribution < 1.29 is 46.6 Å². The normalized spacial score (nSPS) is 13.0.